The first-order valence-electron chi connectivity index (χ1n) is 9.99. The summed E-state index contributed by atoms with van der Waals surface area (Å²) < 4.78 is 0. The minimum Gasteiger partial charge on any atom is -0.481 e. The van der Waals surface area contributed by atoms with E-state index in [9.17, 15) is 9.90 Å². The van der Waals surface area contributed by atoms with Crippen LogP contribution in [0.15, 0.2) is 36.4 Å². The number of aryl methyl sites for hydroxylation is 1. The zero-order chi connectivity index (χ0) is 19.8. The summed E-state index contributed by atoms with van der Waals surface area (Å²) >= 11 is 12.8. The molecule has 1 aliphatic carbocycles. The van der Waals surface area contributed by atoms with Gasteiger partial charge in [0.25, 0.3) is 0 Å². The third-order valence-electron chi connectivity index (χ3n) is 6.47. The van der Waals surface area contributed by atoms with Gasteiger partial charge < -0.3 is 5.11 Å². The number of carboxylic acids is 1. The third kappa shape index (κ3) is 3.68. The van der Waals surface area contributed by atoms with Crippen LogP contribution in [-0.4, -0.2) is 29.1 Å². The number of likely N-dealkylation sites (tertiary alicyclic amines) is 1. The van der Waals surface area contributed by atoms with Gasteiger partial charge in [-0.1, -0.05) is 54.4 Å². The van der Waals surface area contributed by atoms with Gasteiger partial charge in [0.15, 0.2) is 0 Å². The van der Waals surface area contributed by atoms with Gasteiger partial charge in [-0.2, -0.15) is 0 Å². The lowest BCUT2D eigenvalue weighted by molar-refractivity contribution is -0.143. The van der Waals surface area contributed by atoms with Gasteiger partial charge >= 0.3 is 5.97 Å². The predicted octanol–water partition coefficient (Wildman–Crippen LogP) is 5.93. The molecule has 2 atom stereocenters. The fourth-order valence-electron chi connectivity index (χ4n) is 4.81. The van der Waals surface area contributed by atoms with Crippen LogP contribution < -0.4 is 0 Å². The lowest BCUT2D eigenvalue weighted by Crippen LogP contribution is -2.38. The maximum absolute atomic E-state index is 11.2. The van der Waals surface area contributed by atoms with Crippen LogP contribution in [0.25, 0.3) is 0 Å². The van der Waals surface area contributed by atoms with Crippen LogP contribution in [-0.2, 0) is 11.2 Å². The first-order valence-corrected chi connectivity index (χ1v) is 10.7. The van der Waals surface area contributed by atoms with E-state index in [4.69, 9.17) is 23.2 Å². The molecule has 2 aliphatic rings. The van der Waals surface area contributed by atoms with Crippen LogP contribution in [0.3, 0.4) is 0 Å². The molecular weight excluding hydrogens is 393 g/mol. The zero-order valence-corrected chi connectivity index (χ0v) is 17.5. The Bertz CT molecular complexity index is 870. The molecule has 2 unspecified atom stereocenters. The highest BCUT2D eigenvalue weighted by molar-refractivity contribution is 6.36. The van der Waals surface area contributed by atoms with E-state index in [0.29, 0.717) is 16.1 Å². The first-order chi connectivity index (χ1) is 13.5. The van der Waals surface area contributed by atoms with Crippen molar-refractivity contribution in [2.45, 2.75) is 44.6 Å². The molecule has 0 saturated carbocycles. The van der Waals surface area contributed by atoms with E-state index in [1.165, 1.54) is 16.7 Å². The second-order valence-corrected chi connectivity index (χ2v) is 8.83. The van der Waals surface area contributed by atoms with Gasteiger partial charge in [0.2, 0.25) is 0 Å². The Morgan fingerprint density at radius 2 is 1.79 bits per heavy atom. The van der Waals surface area contributed by atoms with Gasteiger partial charge in [0.1, 0.15) is 0 Å². The quantitative estimate of drug-likeness (QED) is 0.669. The molecule has 148 valence electrons. The van der Waals surface area contributed by atoms with Crippen molar-refractivity contribution in [3.63, 3.8) is 0 Å². The topological polar surface area (TPSA) is 40.5 Å². The van der Waals surface area contributed by atoms with Crippen LogP contribution in [0.2, 0.25) is 10.0 Å². The Labute approximate surface area is 176 Å². The summed E-state index contributed by atoms with van der Waals surface area (Å²) in [4.78, 5) is 13.7. The number of carbonyl (C=O) groups is 1. The van der Waals surface area contributed by atoms with Crippen molar-refractivity contribution >= 4 is 29.2 Å². The molecule has 1 heterocycles. The molecule has 1 saturated heterocycles. The summed E-state index contributed by atoms with van der Waals surface area (Å²) in [5, 5.41) is 10.6. The number of aliphatic carboxylic acids is 1. The molecule has 3 nitrogen and oxygen atoms in total. The number of rotatable bonds is 4. The summed E-state index contributed by atoms with van der Waals surface area (Å²) in [6, 6.07) is 12.8. The molecule has 1 N–H and O–H groups in total. The molecule has 2 aromatic rings. The van der Waals surface area contributed by atoms with Gasteiger partial charge in [0, 0.05) is 22.0 Å². The molecule has 2 aromatic carbocycles. The number of nitrogens with zero attached hydrogens (tertiary/aromatic N) is 1. The zero-order valence-electron chi connectivity index (χ0n) is 16.0. The minimum absolute atomic E-state index is 0.136. The fourth-order valence-corrected chi connectivity index (χ4v) is 5.54. The van der Waals surface area contributed by atoms with Crippen molar-refractivity contribution in [1.82, 2.24) is 4.90 Å². The Kier molecular flexibility index (Phi) is 5.69. The minimum atomic E-state index is -0.650. The van der Waals surface area contributed by atoms with Crippen LogP contribution in [0.4, 0.5) is 0 Å². The SMILES string of the molecule is CC(c1ccc2c(c1)CCC2N1CCC(C(=O)O)CC1)c1c(Cl)cccc1Cl. The summed E-state index contributed by atoms with van der Waals surface area (Å²) in [7, 11) is 0. The van der Waals surface area contributed by atoms with E-state index in [0.717, 1.165) is 44.3 Å². The fraction of sp³-hybridized carbons (Fsp3) is 0.435. The number of fused-ring (bicyclic) bond motifs is 1. The molecule has 4 rings (SSSR count). The Hall–Kier alpha value is -1.55. The van der Waals surface area contributed by atoms with E-state index in [1.807, 2.05) is 18.2 Å². The molecule has 28 heavy (non-hydrogen) atoms. The number of benzene rings is 2. The monoisotopic (exact) mass is 417 g/mol. The second kappa shape index (κ2) is 8.06. The van der Waals surface area contributed by atoms with E-state index in [2.05, 4.69) is 30.0 Å². The molecular formula is C23H25Cl2NO2. The normalized spacial score (nSPS) is 21.5. The lowest BCUT2D eigenvalue weighted by atomic mass is 9.90. The van der Waals surface area contributed by atoms with Crippen LogP contribution in [0.1, 0.15) is 60.4 Å². The van der Waals surface area contributed by atoms with E-state index >= 15 is 0 Å². The average molecular weight is 418 g/mol. The summed E-state index contributed by atoms with van der Waals surface area (Å²) in [5.74, 6) is -0.694. The number of piperidine rings is 1. The van der Waals surface area contributed by atoms with Crippen LogP contribution in [0.5, 0.6) is 0 Å². The molecule has 1 fully saturated rings. The highest BCUT2D eigenvalue weighted by Crippen LogP contribution is 2.41. The molecule has 0 amide bonds. The Morgan fingerprint density at radius 3 is 2.43 bits per heavy atom. The molecule has 1 aliphatic heterocycles. The van der Waals surface area contributed by atoms with Crippen LogP contribution >= 0.6 is 23.2 Å². The first kappa shape index (κ1) is 19.8. The van der Waals surface area contributed by atoms with Gasteiger partial charge in [-0.05, 0) is 73.2 Å². The maximum Gasteiger partial charge on any atom is 0.306 e. The van der Waals surface area contributed by atoms with Crippen molar-refractivity contribution in [3.8, 4) is 0 Å². The van der Waals surface area contributed by atoms with Gasteiger partial charge in [-0.25, -0.2) is 0 Å². The Morgan fingerprint density at radius 1 is 1.11 bits per heavy atom. The largest absolute Gasteiger partial charge is 0.481 e. The van der Waals surface area contributed by atoms with Crippen molar-refractivity contribution < 1.29 is 9.90 Å². The van der Waals surface area contributed by atoms with Gasteiger partial charge in [0.05, 0.1) is 5.92 Å². The summed E-state index contributed by atoms with van der Waals surface area (Å²) in [6.45, 7) is 3.89. The maximum atomic E-state index is 11.2. The van der Waals surface area contributed by atoms with Crippen molar-refractivity contribution in [1.29, 1.82) is 0 Å². The highest BCUT2D eigenvalue weighted by atomic mass is 35.5. The second-order valence-electron chi connectivity index (χ2n) is 8.02. The van der Waals surface area contributed by atoms with E-state index in [-0.39, 0.29) is 11.8 Å². The van der Waals surface area contributed by atoms with Crippen LogP contribution in [0, 0.1) is 5.92 Å². The highest BCUT2D eigenvalue weighted by Gasteiger charge is 2.33. The van der Waals surface area contributed by atoms with Crippen molar-refractivity contribution in [2.24, 2.45) is 5.92 Å². The summed E-state index contributed by atoms with van der Waals surface area (Å²) in [6.07, 6.45) is 3.68. The number of hydrogen-bond acceptors (Lipinski definition) is 2. The predicted molar refractivity (Wildman–Crippen MR) is 113 cm³/mol. The average Bonchev–Trinajstić information content (AvgIpc) is 3.11. The third-order valence-corrected chi connectivity index (χ3v) is 7.12. The molecule has 0 spiro atoms. The van der Waals surface area contributed by atoms with E-state index < -0.39 is 5.97 Å². The standard InChI is InChI=1S/C23H25Cl2NO2/c1-14(22-19(24)3-2-4-20(22)25)16-5-7-18-17(13-16)6-8-21(18)26-11-9-15(10-12-26)23(27)28/h2-5,7,13-15,21H,6,8-12H2,1H3,(H,27,28). The summed E-state index contributed by atoms with van der Waals surface area (Å²) in [5.41, 5.74) is 5.02. The molecule has 0 aromatic heterocycles. The molecule has 5 heteroatoms. The Balaban J connectivity index is 1.53. The molecule has 0 bridgehead atoms. The van der Waals surface area contributed by atoms with Crippen molar-refractivity contribution in [2.75, 3.05) is 13.1 Å². The van der Waals surface area contributed by atoms with E-state index in [1.54, 1.807) is 0 Å². The molecule has 0 radical (unpaired) electrons. The number of halogens is 2. The number of hydrogen-bond donors (Lipinski definition) is 1. The van der Waals surface area contributed by atoms with Gasteiger partial charge in [-0.3, -0.25) is 9.69 Å². The van der Waals surface area contributed by atoms with Gasteiger partial charge in [-0.15, -0.1) is 0 Å². The van der Waals surface area contributed by atoms with Crippen molar-refractivity contribution in [3.05, 3.63) is 68.7 Å². The lowest BCUT2D eigenvalue weighted by Gasteiger charge is -2.35. The smallest absolute Gasteiger partial charge is 0.306 e. The number of carboxylic acid groups (broad SMARTS) is 1.